The van der Waals surface area contributed by atoms with Crippen LogP contribution in [0.3, 0.4) is 0 Å². The summed E-state index contributed by atoms with van der Waals surface area (Å²) < 4.78 is 5.40. The molecule has 0 bridgehead atoms. The lowest BCUT2D eigenvalue weighted by Gasteiger charge is -2.19. The first kappa shape index (κ1) is 13.0. The molecule has 0 amide bonds. The molecule has 2 aliphatic rings. The Hall–Kier alpha value is -1.01. The number of hydrogen-bond donors (Lipinski definition) is 3. The van der Waals surface area contributed by atoms with Crippen molar-refractivity contribution in [2.45, 2.75) is 12.5 Å². The third-order valence-electron chi connectivity index (χ3n) is 4.00. The molecule has 3 heterocycles. The fourth-order valence-electron chi connectivity index (χ4n) is 2.86. The van der Waals surface area contributed by atoms with Crippen molar-refractivity contribution in [3.8, 4) is 0 Å². The van der Waals surface area contributed by atoms with Gasteiger partial charge in [0.25, 0.3) is 0 Å². The maximum atomic E-state index is 5.40. The van der Waals surface area contributed by atoms with Crippen molar-refractivity contribution in [1.29, 1.82) is 0 Å². The number of aromatic nitrogens is 1. The van der Waals surface area contributed by atoms with Crippen LogP contribution in [-0.4, -0.2) is 37.8 Å². The minimum atomic E-state index is 0.348. The van der Waals surface area contributed by atoms with E-state index in [2.05, 4.69) is 27.2 Å². The first-order chi connectivity index (χ1) is 9.43. The van der Waals surface area contributed by atoms with Crippen molar-refractivity contribution < 1.29 is 4.74 Å². The molecule has 2 saturated heterocycles. The molecule has 3 unspecified atom stereocenters. The monoisotopic (exact) mass is 262 g/mol. The topological polar surface area (TPSA) is 58.2 Å². The van der Waals surface area contributed by atoms with E-state index in [0.29, 0.717) is 17.9 Å². The zero-order valence-corrected chi connectivity index (χ0v) is 11.1. The largest absolute Gasteiger partial charge is 0.381 e. The summed E-state index contributed by atoms with van der Waals surface area (Å²) in [4.78, 5) is 4.20. The lowest BCUT2D eigenvalue weighted by Crippen LogP contribution is -2.32. The van der Waals surface area contributed by atoms with Gasteiger partial charge in [-0.1, -0.05) is 6.07 Å². The summed E-state index contributed by atoms with van der Waals surface area (Å²) in [6.45, 7) is 4.93. The number of hydrogen-bond acceptors (Lipinski definition) is 5. The van der Waals surface area contributed by atoms with Crippen LogP contribution in [0.1, 0.15) is 18.0 Å². The van der Waals surface area contributed by atoms with Gasteiger partial charge >= 0.3 is 0 Å². The standard InChI is InChI=1S/C14H22N4O/c1-2-12(7-15-4-1)14-13(9-17-18-14)8-16-6-11-3-5-19-10-11/h1-2,4,7,11,13-14,16-18H,3,5-6,8-10H2. The van der Waals surface area contributed by atoms with Gasteiger partial charge in [0.15, 0.2) is 0 Å². The first-order valence-electron chi connectivity index (χ1n) is 7.10. The second-order valence-corrected chi connectivity index (χ2v) is 5.44. The molecule has 2 fully saturated rings. The number of rotatable bonds is 5. The highest BCUT2D eigenvalue weighted by Gasteiger charge is 2.28. The molecule has 3 N–H and O–H groups in total. The van der Waals surface area contributed by atoms with Crippen LogP contribution >= 0.6 is 0 Å². The highest BCUT2D eigenvalue weighted by molar-refractivity contribution is 5.16. The van der Waals surface area contributed by atoms with Gasteiger partial charge in [-0.25, -0.2) is 5.43 Å². The highest BCUT2D eigenvalue weighted by Crippen LogP contribution is 2.23. The van der Waals surface area contributed by atoms with Gasteiger partial charge in [0.1, 0.15) is 0 Å². The normalized spacial score (nSPS) is 30.8. The molecule has 2 aliphatic heterocycles. The van der Waals surface area contributed by atoms with Crippen LogP contribution in [-0.2, 0) is 4.74 Å². The number of nitrogens with one attached hydrogen (secondary N) is 3. The average Bonchev–Trinajstić information content (AvgIpc) is 3.11. The maximum absolute atomic E-state index is 5.40. The lowest BCUT2D eigenvalue weighted by molar-refractivity contribution is 0.185. The number of ether oxygens (including phenoxy) is 1. The molecule has 0 saturated carbocycles. The second-order valence-electron chi connectivity index (χ2n) is 5.44. The zero-order chi connectivity index (χ0) is 12.9. The Kier molecular flexibility index (Phi) is 4.40. The van der Waals surface area contributed by atoms with Crippen LogP contribution in [0.2, 0.25) is 0 Å². The van der Waals surface area contributed by atoms with Gasteiger partial charge in [0, 0.05) is 44.6 Å². The zero-order valence-electron chi connectivity index (χ0n) is 11.1. The van der Waals surface area contributed by atoms with E-state index in [1.807, 2.05) is 18.5 Å². The molecule has 5 heteroatoms. The predicted molar refractivity (Wildman–Crippen MR) is 73.4 cm³/mol. The first-order valence-corrected chi connectivity index (χ1v) is 7.10. The minimum Gasteiger partial charge on any atom is -0.381 e. The Labute approximate surface area is 114 Å². The van der Waals surface area contributed by atoms with Crippen molar-refractivity contribution in [3.05, 3.63) is 30.1 Å². The van der Waals surface area contributed by atoms with Crippen LogP contribution in [0.5, 0.6) is 0 Å². The number of nitrogens with zero attached hydrogens (tertiary/aromatic N) is 1. The summed E-state index contributed by atoms with van der Waals surface area (Å²) >= 11 is 0. The van der Waals surface area contributed by atoms with E-state index in [-0.39, 0.29) is 0 Å². The third-order valence-corrected chi connectivity index (χ3v) is 4.00. The van der Waals surface area contributed by atoms with Crippen LogP contribution in [0.15, 0.2) is 24.5 Å². The summed E-state index contributed by atoms with van der Waals surface area (Å²) in [5, 5.41) is 3.59. The van der Waals surface area contributed by atoms with E-state index in [0.717, 1.165) is 32.8 Å². The summed E-state index contributed by atoms with van der Waals surface area (Å²) in [7, 11) is 0. The molecule has 1 aromatic heterocycles. The second kappa shape index (κ2) is 6.43. The van der Waals surface area contributed by atoms with E-state index in [1.54, 1.807) is 0 Å². The fraction of sp³-hybridized carbons (Fsp3) is 0.643. The van der Waals surface area contributed by atoms with Crippen molar-refractivity contribution in [2.75, 3.05) is 32.8 Å². The molecule has 5 nitrogen and oxygen atoms in total. The van der Waals surface area contributed by atoms with Crippen molar-refractivity contribution in [3.63, 3.8) is 0 Å². The lowest BCUT2D eigenvalue weighted by atomic mass is 9.96. The fourth-order valence-corrected chi connectivity index (χ4v) is 2.86. The molecule has 0 aliphatic carbocycles. The van der Waals surface area contributed by atoms with E-state index in [1.165, 1.54) is 12.0 Å². The molecule has 0 spiro atoms. The quantitative estimate of drug-likeness (QED) is 0.720. The number of pyridine rings is 1. The van der Waals surface area contributed by atoms with E-state index >= 15 is 0 Å². The Bertz CT molecular complexity index is 380. The van der Waals surface area contributed by atoms with E-state index in [9.17, 15) is 0 Å². The summed E-state index contributed by atoms with van der Waals surface area (Å²) in [5.74, 6) is 1.26. The Morgan fingerprint density at radius 1 is 1.42 bits per heavy atom. The molecule has 104 valence electrons. The van der Waals surface area contributed by atoms with Gasteiger partial charge in [0.05, 0.1) is 12.6 Å². The maximum Gasteiger partial charge on any atom is 0.0530 e. The van der Waals surface area contributed by atoms with Crippen molar-refractivity contribution in [2.24, 2.45) is 11.8 Å². The third kappa shape index (κ3) is 3.30. The van der Waals surface area contributed by atoms with Gasteiger partial charge in [-0.3, -0.25) is 10.4 Å². The van der Waals surface area contributed by atoms with E-state index in [4.69, 9.17) is 4.74 Å². The van der Waals surface area contributed by atoms with E-state index < -0.39 is 0 Å². The number of hydrazine groups is 1. The SMILES string of the molecule is c1cncc(C2NNCC2CNCC2CCOC2)c1. The molecule has 1 aromatic rings. The van der Waals surface area contributed by atoms with Gasteiger partial charge in [-0.05, 0) is 24.0 Å². The van der Waals surface area contributed by atoms with Gasteiger partial charge in [0.2, 0.25) is 0 Å². The highest BCUT2D eigenvalue weighted by atomic mass is 16.5. The van der Waals surface area contributed by atoms with Crippen LogP contribution in [0, 0.1) is 11.8 Å². The molecule has 0 radical (unpaired) electrons. The van der Waals surface area contributed by atoms with Gasteiger partial charge in [-0.2, -0.15) is 0 Å². The summed E-state index contributed by atoms with van der Waals surface area (Å²) in [6.07, 6.45) is 4.96. The van der Waals surface area contributed by atoms with Gasteiger partial charge < -0.3 is 10.1 Å². The predicted octanol–water partition coefficient (Wildman–Crippen LogP) is 0.473. The Morgan fingerprint density at radius 2 is 2.42 bits per heavy atom. The summed E-state index contributed by atoms with van der Waals surface area (Å²) in [5.41, 5.74) is 7.86. The Balaban J connectivity index is 1.49. The average molecular weight is 262 g/mol. The van der Waals surface area contributed by atoms with Crippen LogP contribution < -0.4 is 16.2 Å². The van der Waals surface area contributed by atoms with Gasteiger partial charge in [-0.15, -0.1) is 0 Å². The van der Waals surface area contributed by atoms with Crippen LogP contribution in [0.4, 0.5) is 0 Å². The Morgan fingerprint density at radius 3 is 3.21 bits per heavy atom. The smallest absolute Gasteiger partial charge is 0.0530 e. The molecule has 0 aromatic carbocycles. The summed E-state index contributed by atoms with van der Waals surface area (Å²) in [6, 6.07) is 4.48. The molecular formula is C14H22N4O. The molecule has 3 rings (SSSR count). The van der Waals surface area contributed by atoms with Crippen molar-refractivity contribution >= 4 is 0 Å². The molecular weight excluding hydrogens is 240 g/mol. The molecule has 19 heavy (non-hydrogen) atoms. The molecule has 3 atom stereocenters. The minimum absolute atomic E-state index is 0.348. The van der Waals surface area contributed by atoms with Crippen molar-refractivity contribution in [1.82, 2.24) is 21.2 Å². The van der Waals surface area contributed by atoms with Crippen LogP contribution in [0.25, 0.3) is 0 Å².